The van der Waals surface area contributed by atoms with Crippen LogP contribution in [0.5, 0.6) is 11.5 Å². The average Bonchev–Trinajstić information content (AvgIpc) is 2.69. The van der Waals surface area contributed by atoms with Crippen LogP contribution in [0.25, 0.3) is 0 Å². The van der Waals surface area contributed by atoms with Gasteiger partial charge in [-0.25, -0.2) is 17.2 Å². The van der Waals surface area contributed by atoms with Crippen LogP contribution in [0.1, 0.15) is 12.8 Å². The highest BCUT2D eigenvalue weighted by Gasteiger charge is 2.21. The van der Waals surface area contributed by atoms with Crippen molar-refractivity contribution >= 4 is 21.6 Å². The van der Waals surface area contributed by atoms with Gasteiger partial charge in [0.1, 0.15) is 29.7 Å². The number of rotatable bonds is 11. The molecule has 0 fully saturated rings. The molecule has 1 amide bonds. The lowest BCUT2D eigenvalue weighted by molar-refractivity contribution is -0.121. The summed E-state index contributed by atoms with van der Waals surface area (Å²) in [6, 6.07) is 9.70. The van der Waals surface area contributed by atoms with E-state index in [0.29, 0.717) is 17.6 Å². The standard InChI is InChI=1S/C20H24F2N2O5S/c1-28-16-5-3-6-17(14-16)29-12-10-23-20(25)7-4-11-24(30(2,26)27)19-9-8-15(21)13-18(19)22/h3,5-6,8-9,13-14H,4,7,10-12H2,1-2H3,(H,23,25). The molecule has 0 radical (unpaired) electrons. The number of nitrogens with zero attached hydrogens (tertiary/aromatic N) is 1. The van der Waals surface area contributed by atoms with E-state index >= 15 is 0 Å². The van der Waals surface area contributed by atoms with Gasteiger partial charge in [-0.3, -0.25) is 9.10 Å². The topological polar surface area (TPSA) is 84.9 Å². The van der Waals surface area contributed by atoms with Gasteiger partial charge in [-0.1, -0.05) is 6.07 Å². The van der Waals surface area contributed by atoms with E-state index in [2.05, 4.69) is 5.32 Å². The third kappa shape index (κ3) is 7.18. The molecular weight excluding hydrogens is 418 g/mol. The molecule has 7 nitrogen and oxygen atoms in total. The molecule has 0 heterocycles. The molecule has 10 heteroatoms. The average molecular weight is 442 g/mol. The zero-order chi connectivity index (χ0) is 22.1. The molecule has 0 aliphatic rings. The van der Waals surface area contributed by atoms with Crippen LogP contribution in [-0.2, 0) is 14.8 Å². The Labute approximate surface area is 174 Å². The van der Waals surface area contributed by atoms with Crippen molar-refractivity contribution in [1.82, 2.24) is 5.32 Å². The van der Waals surface area contributed by atoms with Gasteiger partial charge >= 0.3 is 0 Å². The molecule has 1 N–H and O–H groups in total. The van der Waals surface area contributed by atoms with Crippen molar-refractivity contribution in [3.63, 3.8) is 0 Å². The van der Waals surface area contributed by atoms with Gasteiger partial charge in [0.05, 0.1) is 25.6 Å². The second kappa shape index (κ2) is 10.8. The van der Waals surface area contributed by atoms with E-state index in [-0.39, 0.29) is 44.1 Å². The smallest absolute Gasteiger partial charge is 0.232 e. The Hall–Kier alpha value is -2.88. The number of hydrogen-bond donors (Lipinski definition) is 1. The maximum Gasteiger partial charge on any atom is 0.232 e. The van der Waals surface area contributed by atoms with Crippen LogP contribution < -0.4 is 19.1 Å². The maximum atomic E-state index is 14.0. The van der Waals surface area contributed by atoms with Crippen molar-refractivity contribution in [2.24, 2.45) is 0 Å². The quantitative estimate of drug-likeness (QED) is 0.541. The van der Waals surface area contributed by atoms with E-state index in [9.17, 15) is 22.0 Å². The summed E-state index contributed by atoms with van der Waals surface area (Å²) in [7, 11) is -2.25. The third-order valence-electron chi connectivity index (χ3n) is 4.08. The first-order chi connectivity index (χ1) is 14.2. The maximum absolute atomic E-state index is 14.0. The Bertz CT molecular complexity index is 969. The first-order valence-electron chi connectivity index (χ1n) is 9.17. The minimum atomic E-state index is -3.80. The minimum Gasteiger partial charge on any atom is -0.497 e. The molecule has 0 bridgehead atoms. The van der Waals surface area contributed by atoms with Gasteiger partial charge in [-0.2, -0.15) is 0 Å². The zero-order valence-corrected chi connectivity index (χ0v) is 17.5. The van der Waals surface area contributed by atoms with Crippen LogP contribution in [0.4, 0.5) is 14.5 Å². The second-order valence-electron chi connectivity index (χ2n) is 6.41. The number of halogens is 2. The largest absolute Gasteiger partial charge is 0.497 e. The Morgan fingerprint density at radius 3 is 2.53 bits per heavy atom. The number of ether oxygens (including phenoxy) is 2. The van der Waals surface area contributed by atoms with E-state index in [4.69, 9.17) is 9.47 Å². The van der Waals surface area contributed by atoms with Crippen LogP contribution in [0.2, 0.25) is 0 Å². The highest BCUT2D eigenvalue weighted by molar-refractivity contribution is 7.92. The van der Waals surface area contributed by atoms with Crippen LogP contribution in [0, 0.1) is 11.6 Å². The first-order valence-corrected chi connectivity index (χ1v) is 11.0. The molecule has 164 valence electrons. The highest BCUT2D eigenvalue weighted by Crippen LogP contribution is 2.23. The molecule has 0 saturated carbocycles. The van der Waals surface area contributed by atoms with E-state index in [0.717, 1.165) is 22.7 Å². The lowest BCUT2D eigenvalue weighted by atomic mass is 10.2. The summed E-state index contributed by atoms with van der Waals surface area (Å²) in [4.78, 5) is 12.0. The van der Waals surface area contributed by atoms with Crippen LogP contribution in [0.3, 0.4) is 0 Å². The summed E-state index contributed by atoms with van der Waals surface area (Å²) < 4.78 is 62.4. The van der Waals surface area contributed by atoms with E-state index < -0.39 is 21.7 Å². The van der Waals surface area contributed by atoms with E-state index in [1.165, 1.54) is 0 Å². The lowest BCUT2D eigenvalue weighted by Crippen LogP contribution is -2.33. The molecule has 2 aromatic carbocycles. The number of amides is 1. The number of benzene rings is 2. The number of nitrogens with one attached hydrogen (secondary N) is 1. The van der Waals surface area contributed by atoms with Gasteiger partial charge in [0, 0.05) is 25.1 Å². The van der Waals surface area contributed by atoms with Crippen molar-refractivity contribution < 1.29 is 31.5 Å². The van der Waals surface area contributed by atoms with Gasteiger partial charge in [0.25, 0.3) is 0 Å². The Morgan fingerprint density at radius 1 is 1.13 bits per heavy atom. The molecule has 30 heavy (non-hydrogen) atoms. The summed E-state index contributed by atoms with van der Waals surface area (Å²) in [5.41, 5.74) is -0.258. The van der Waals surface area contributed by atoms with Crippen LogP contribution >= 0.6 is 0 Å². The van der Waals surface area contributed by atoms with Gasteiger partial charge in [0.2, 0.25) is 15.9 Å². The molecule has 0 aromatic heterocycles. The predicted octanol–water partition coefficient (Wildman–Crippen LogP) is 2.71. The fourth-order valence-corrected chi connectivity index (χ4v) is 3.64. The summed E-state index contributed by atoms with van der Waals surface area (Å²) in [6.45, 7) is 0.392. The molecule has 2 aromatic rings. The van der Waals surface area contributed by atoms with Crippen molar-refractivity contribution in [3.05, 3.63) is 54.1 Å². The molecule has 0 atom stereocenters. The van der Waals surface area contributed by atoms with Crippen LogP contribution in [-0.4, -0.2) is 47.4 Å². The molecule has 0 spiro atoms. The molecule has 0 aliphatic carbocycles. The minimum absolute atomic E-state index is 0.0357. The molecular formula is C20H24F2N2O5S. The third-order valence-corrected chi connectivity index (χ3v) is 5.26. The number of hydrogen-bond acceptors (Lipinski definition) is 5. The van der Waals surface area contributed by atoms with E-state index in [1.54, 1.807) is 31.4 Å². The molecule has 0 saturated heterocycles. The first kappa shape index (κ1) is 23.4. The van der Waals surface area contributed by atoms with Crippen molar-refractivity contribution in [1.29, 1.82) is 0 Å². The summed E-state index contributed by atoms with van der Waals surface area (Å²) >= 11 is 0. The van der Waals surface area contributed by atoms with E-state index in [1.807, 2.05) is 0 Å². The Morgan fingerprint density at radius 2 is 1.87 bits per heavy atom. The number of sulfonamides is 1. The second-order valence-corrected chi connectivity index (χ2v) is 8.32. The fraction of sp³-hybridized carbons (Fsp3) is 0.350. The fourth-order valence-electron chi connectivity index (χ4n) is 2.67. The van der Waals surface area contributed by atoms with Gasteiger partial charge in [-0.05, 0) is 30.7 Å². The SMILES string of the molecule is COc1cccc(OCCNC(=O)CCCN(c2ccc(F)cc2F)S(C)(=O)=O)c1. The lowest BCUT2D eigenvalue weighted by Gasteiger charge is -2.22. The monoisotopic (exact) mass is 442 g/mol. The van der Waals surface area contributed by atoms with Gasteiger partial charge < -0.3 is 14.8 Å². The summed E-state index contributed by atoms with van der Waals surface area (Å²) in [5.74, 6) is -0.824. The van der Waals surface area contributed by atoms with Crippen molar-refractivity contribution in [2.45, 2.75) is 12.8 Å². The summed E-state index contributed by atoms with van der Waals surface area (Å²) in [5, 5.41) is 2.67. The number of carbonyl (C=O) groups excluding carboxylic acids is 1. The predicted molar refractivity (Wildman–Crippen MR) is 109 cm³/mol. The summed E-state index contributed by atoms with van der Waals surface area (Å²) in [6.07, 6.45) is 1.12. The van der Waals surface area contributed by atoms with Gasteiger partial charge in [-0.15, -0.1) is 0 Å². The van der Waals surface area contributed by atoms with Gasteiger partial charge in [0.15, 0.2) is 0 Å². The number of anilines is 1. The number of carbonyl (C=O) groups is 1. The molecule has 0 aliphatic heterocycles. The Balaban J connectivity index is 1.78. The highest BCUT2D eigenvalue weighted by atomic mass is 32.2. The molecule has 0 unspecified atom stereocenters. The van der Waals surface area contributed by atoms with Crippen LogP contribution in [0.15, 0.2) is 42.5 Å². The Kier molecular flexibility index (Phi) is 8.40. The zero-order valence-electron chi connectivity index (χ0n) is 16.7. The normalized spacial score (nSPS) is 11.1. The molecule has 2 rings (SSSR count). The number of methoxy groups -OCH3 is 1. The van der Waals surface area contributed by atoms with Crippen molar-refractivity contribution in [2.75, 3.05) is 37.4 Å². The van der Waals surface area contributed by atoms with Crippen molar-refractivity contribution in [3.8, 4) is 11.5 Å².